The number of anilines is 4. The van der Waals surface area contributed by atoms with Crippen LogP contribution in [0, 0.1) is 0 Å². The molecule has 0 spiro atoms. The van der Waals surface area contributed by atoms with E-state index in [1.54, 1.807) is 18.3 Å². The van der Waals surface area contributed by atoms with Crippen LogP contribution in [0.4, 0.5) is 23.0 Å². The Labute approximate surface area is 461 Å². The third-order valence-electron chi connectivity index (χ3n) is 12.6. The monoisotopic (exact) mass is 1120 g/mol. The van der Waals surface area contributed by atoms with Crippen LogP contribution in [-0.2, 0) is 92.8 Å². The molecule has 0 radical (unpaired) electrons. The third kappa shape index (κ3) is 16.3. The minimum absolute atomic E-state index is 0.217. The lowest BCUT2D eigenvalue weighted by molar-refractivity contribution is -0.345. The van der Waals surface area contributed by atoms with E-state index in [1.807, 2.05) is 79.1 Å². The summed E-state index contributed by atoms with van der Waals surface area (Å²) in [7, 11) is 9.19. The molecule has 0 saturated carbocycles. The lowest BCUT2D eigenvalue weighted by atomic mass is 9.91. The Morgan fingerprint density at radius 3 is 1.80 bits per heavy atom. The molecule has 0 aliphatic carbocycles. The third-order valence-corrected chi connectivity index (χ3v) is 12.6. The molecule has 26 nitrogen and oxygen atoms in total. The van der Waals surface area contributed by atoms with Crippen molar-refractivity contribution in [1.82, 2.24) is 19.4 Å². The number of ether oxygens (including phenoxy) is 11. The zero-order chi connectivity index (χ0) is 58.5. The Bertz CT molecular complexity index is 2900. The molecule has 0 unspecified atom stereocenters. The molecule has 4 heterocycles. The number of hydrogen-bond acceptors (Lipinski definition) is 24. The van der Waals surface area contributed by atoms with Crippen LogP contribution in [0.5, 0.6) is 5.75 Å². The Morgan fingerprint density at radius 1 is 0.650 bits per heavy atom. The van der Waals surface area contributed by atoms with Crippen LogP contribution in [0.15, 0.2) is 54.9 Å². The average Bonchev–Trinajstić information content (AvgIpc) is 3.87. The minimum Gasteiger partial charge on any atom is -0.494 e. The van der Waals surface area contributed by atoms with E-state index in [9.17, 15) is 38.4 Å². The highest BCUT2D eigenvalue weighted by molar-refractivity contribution is 5.97. The van der Waals surface area contributed by atoms with E-state index in [1.165, 1.54) is 7.11 Å². The average molecular weight is 1120 g/mol. The number of carbonyl (C=O) groups is 8. The summed E-state index contributed by atoms with van der Waals surface area (Å²) in [6, 6.07) is 13.2. The van der Waals surface area contributed by atoms with Crippen molar-refractivity contribution in [3.05, 3.63) is 54.9 Å². The quantitative estimate of drug-likeness (QED) is 0.0789. The van der Waals surface area contributed by atoms with Crippen molar-refractivity contribution in [3.8, 4) is 17.0 Å². The molecular formula is C54H69N7O19. The number of nitrogens with one attached hydrogen (secondary N) is 2. The van der Waals surface area contributed by atoms with E-state index >= 15 is 0 Å². The lowest BCUT2D eigenvalue weighted by Gasteiger charge is -2.49. The highest BCUT2D eigenvalue weighted by Gasteiger charge is 2.57. The number of para-hydroxylation sites is 1. The fourth-order valence-corrected chi connectivity index (χ4v) is 9.28. The van der Waals surface area contributed by atoms with Crippen molar-refractivity contribution >= 4 is 81.6 Å². The summed E-state index contributed by atoms with van der Waals surface area (Å²) in [5, 5.41) is 7.28. The van der Waals surface area contributed by atoms with Crippen molar-refractivity contribution in [3.63, 3.8) is 0 Å². The molecular weight excluding hydrogens is 1050 g/mol. The zero-order valence-electron chi connectivity index (χ0n) is 46.7. The number of benzene rings is 2. The van der Waals surface area contributed by atoms with Crippen molar-refractivity contribution < 1.29 is 90.5 Å². The first-order valence-electron chi connectivity index (χ1n) is 25.5. The van der Waals surface area contributed by atoms with Gasteiger partial charge in [-0.2, -0.15) is 0 Å². The number of nitrogens with zero attached hydrogens (tertiary/aromatic N) is 5. The second-order valence-corrected chi connectivity index (χ2v) is 19.3. The van der Waals surface area contributed by atoms with Crippen molar-refractivity contribution in [2.24, 2.45) is 7.05 Å². The summed E-state index contributed by atoms with van der Waals surface area (Å²) in [4.78, 5) is 116. The number of aryl methyl sites for hydroxylation is 1. The summed E-state index contributed by atoms with van der Waals surface area (Å²) >= 11 is 0. The number of methoxy groups -OCH3 is 1. The minimum atomic E-state index is -1.86. The highest BCUT2D eigenvalue weighted by atomic mass is 16.8. The van der Waals surface area contributed by atoms with Gasteiger partial charge in [-0.1, -0.05) is 18.2 Å². The van der Waals surface area contributed by atoms with Gasteiger partial charge in [0, 0.05) is 117 Å². The standard InChI is InChI=1S/C54H69N7O19/c1-28(62)71-26-44-49(80-53-52(77-34(7)68)51(76-33(6)67)48(74-31(4)65)45(79-53)27-72-29(2)63)50(75-32(5)66)47(73-30(3)64)42(78-44)17-18-46(69)56-38-23-39(43(70-12)24-41(38)60(10)22-21-59(8)9)58-54-55-20-19-37(57-54)36-25-61(11)40-16-14-13-15-35(36)40/h13-16,19-20,23-25,42,44-45,47-53H,17-18,21-22,26-27H2,1-12H3,(H,56,69)(H,55,57,58)/t42-,44-,45-,47+,48-,49-,50-,51+,52-,53-/m1/s1. The van der Waals surface area contributed by atoms with Gasteiger partial charge < -0.3 is 77.1 Å². The Kier molecular flexibility index (Phi) is 21.3. The maximum absolute atomic E-state index is 14.4. The summed E-state index contributed by atoms with van der Waals surface area (Å²) < 4.78 is 66.0. The molecule has 434 valence electrons. The number of hydrogen-bond donors (Lipinski definition) is 2. The highest BCUT2D eigenvalue weighted by Crippen LogP contribution is 2.40. The predicted molar refractivity (Wildman–Crippen MR) is 283 cm³/mol. The molecule has 6 rings (SSSR count). The van der Waals surface area contributed by atoms with Crippen LogP contribution in [0.2, 0.25) is 0 Å². The molecule has 80 heavy (non-hydrogen) atoms. The van der Waals surface area contributed by atoms with E-state index in [4.69, 9.17) is 57.1 Å². The molecule has 0 bridgehead atoms. The number of rotatable bonds is 23. The second kappa shape index (κ2) is 27.8. The topological polar surface area (TPSA) is 299 Å². The van der Waals surface area contributed by atoms with Crippen LogP contribution in [0.1, 0.15) is 61.3 Å². The Balaban J connectivity index is 1.34. The van der Waals surface area contributed by atoms with Crippen LogP contribution in [0.25, 0.3) is 22.2 Å². The van der Waals surface area contributed by atoms with E-state index in [2.05, 4.69) is 15.6 Å². The van der Waals surface area contributed by atoms with Gasteiger partial charge in [-0.05, 0) is 38.7 Å². The van der Waals surface area contributed by atoms with E-state index in [0.717, 1.165) is 64.9 Å². The molecule has 2 aliphatic rings. The van der Waals surface area contributed by atoms with Gasteiger partial charge >= 0.3 is 41.8 Å². The van der Waals surface area contributed by atoms with Gasteiger partial charge in [-0.15, -0.1) is 0 Å². The summed E-state index contributed by atoms with van der Waals surface area (Å²) in [6.45, 7) is 7.45. The number of carbonyl (C=O) groups excluding carboxylic acids is 8. The van der Waals surface area contributed by atoms with Gasteiger partial charge in [0.25, 0.3) is 0 Å². The number of fused-ring (bicyclic) bond motifs is 1. The number of esters is 7. The normalized spacial score (nSPS) is 22.5. The first-order chi connectivity index (χ1) is 37.9. The SMILES string of the molecule is COc1cc(N(C)CCN(C)C)c(NC(=O)CC[C@H]2O[C@H](COC(C)=O)[C@@H](O[C@H]3O[C@H](COC(C)=O)[C@@H](OC(C)=O)[C@H](OC(C)=O)[C@H]3OC(C)=O)[C@H](OC(C)=O)[C@H]2OC(C)=O)cc1Nc1nccc(-c2cn(C)c3ccccc23)n1. The van der Waals surface area contributed by atoms with Gasteiger partial charge in [0.05, 0.1) is 36.0 Å². The summed E-state index contributed by atoms with van der Waals surface area (Å²) in [5.41, 5.74) is 3.93. The maximum atomic E-state index is 14.4. The van der Waals surface area contributed by atoms with Gasteiger partial charge in [0.15, 0.2) is 36.8 Å². The summed E-state index contributed by atoms with van der Waals surface area (Å²) in [6.07, 6.45) is -12.8. The number of amides is 1. The molecule has 2 aromatic heterocycles. The molecule has 1 amide bonds. The Hall–Kier alpha value is -7.94. The zero-order valence-corrected chi connectivity index (χ0v) is 46.7. The maximum Gasteiger partial charge on any atom is 0.303 e. The molecule has 26 heteroatoms. The van der Waals surface area contributed by atoms with Gasteiger partial charge in [-0.25, -0.2) is 9.97 Å². The van der Waals surface area contributed by atoms with Gasteiger partial charge in [0.1, 0.15) is 37.3 Å². The number of likely N-dealkylation sites (N-methyl/N-ethyl adjacent to an activating group) is 2. The lowest BCUT2D eigenvalue weighted by Crippen LogP contribution is -2.67. The van der Waals surface area contributed by atoms with E-state index in [0.29, 0.717) is 41.6 Å². The molecule has 2 aromatic carbocycles. The fourth-order valence-electron chi connectivity index (χ4n) is 9.28. The predicted octanol–water partition coefficient (Wildman–Crippen LogP) is 3.77. The van der Waals surface area contributed by atoms with E-state index < -0.39 is 122 Å². The van der Waals surface area contributed by atoms with Crippen molar-refractivity contribution in [2.75, 3.05) is 70.1 Å². The molecule has 2 aliphatic heterocycles. The molecule has 2 N–H and O–H groups in total. The van der Waals surface area contributed by atoms with Crippen molar-refractivity contribution in [2.45, 2.75) is 123 Å². The molecule has 4 aromatic rings. The summed E-state index contributed by atoms with van der Waals surface area (Å²) in [5.74, 6) is -5.97. The second-order valence-electron chi connectivity index (χ2n) is 19.3. The smallest absolute Gasteiger partial charge is 0.303 e. The van der Waals surface area contributed by atoms with E-state index in [-0.39, 0.29) is 18.8 Å². The molecule has 10 atom stereocenters. The van der Waals surface area contributed by atoms with Crippen LogP contribution in [-0.4, -0.2) is 183 Å². The molecule has 2 saturated heterocycles. The fraction of sp³-hybridized carbons (Fsp3) is 0.519. The Morgan fingerprint density at radius 2 is 1.21 bits per heavy atom. The van der Waals surface area contributed by atoms with Gasteiger partial charge in [0.2, 0.25) is 11.9 Å². The van der Waals surface area contributed by atoms with Crippen LogP contribution < -0.4 is 20.3 Å². The largest absolute Gasteiger partial charge is 0.494 e. The first-order valence-corrected chi connectivity index (χ1v) is 25.5. The van der Waals surface area contributed by atoms with Gasteiger partial charge in [-0.3, -0.25) is 38.4 Å². The molecule has 2 fully saturated rings. The first kappa shape index (κ1) is 61.3. The number of aromatic nitrogens is 3. The van der Waals surface area contributed by atoms with Crippen molar-refractivity contribution in [1.29, 1.82) is 0 Å². The van der Waals surface area contributed by atoms with Crippen LogP contribution in [0.3, 0.4) is 0 Å². The van der Waals surface area contributed by atoms with Crippen LogP contribution >= 0.6 is 0 Å².